The maximum atomic E-state index is 12.3. The van der Waals surface area contributed by atoms with Gasteiger partial charge in [0, 0.05) is 17.0 Å². The molecule has 31 heavy (non-hydrogen) atoms. The quantitative estimate of drug-likeness (QED) is 0.462. The van der Waals surface area contributed by atoms with Gasteiger partial charge in [0.1, 0.15) is 12.4 Å². The number of methoxy groups -OCH3 is 2. The number of alkyl halides is 2. The van der Waals surface area contributed by atoms with E-state index in [0.717, 1.165) is 17.0 Å². The summed E-state index contributed by atoms with van der Waals surface area (Å²) in [5.74, 6) is 0.904. The fraction of sp³-hybridized carbons (Fsp3) is 0.182. The zero-order valence-corrected chi connectivity index (χ0v) is 17.6. The summed E-state index contributed by atoms with van der Waals surface area (Å²) in [6.07, 6.45) is 0.347. The number of amides is 1. The molecule has 0 fully saturated rings. The lowest BCUT2D eigenvalue weighted by Crippen LogP contribution is -2.08. The van der Waals surface area contributed by atoms with Crippen LogP contribution in [0.1, 0.15) is 5.56 Å². The van der Waals surface area contributed by atoms with Gasteiger partial charge in [0.05, 0.1) is 19.9 Å². The first kappa shape index (κ1) is 22.2. The number of rotatable bonds is 9. The lowest BCUT2D eigenvalue weighted by atomic mass is 10.2. The molecule has 1 amide bonds. The summed E-state index contributed by atoms with van der Waals surface area (Å²) < 4.78 is 40.0. The molecule has 0 unspecified atom stereocenters. The highest BCUT2D eigenvalue weighted by Crippen LogP contribution is 2.29. The maximum Gasteiger partial charge on any atom is 0.272 e. The number of benzene rings is 2. The fourth-order valence-electron chi connectivity index (χ4n) is 2.60. The Labute approximate surface area is 182 Å². The van der Waals surface area contributed by atoms with Gasteiger partial charge in [0.15, 0.2) is 16.6 Å². The van der Waals surface area contributed by atoms with E-state index in [4.69, 9.17) is 14.2 Å². The molecule has 6 nitrogen and oxygen atoms in total. The molecule has 0 aliphatic heterocycles. The molecule has 0 saturated heterocycles. The van der Waals surface area contributed by atoms with Gasteiger partial charge in [0.2, 0.25) is 5.91 Å². The van der Waals surface area contributed by atoms with Gasteiger partial charge >= 0.3 is 0 Å². The average Bonchev–Trinajstić information content (AvgIpc) is 3.24. The van der Waals surface area contributed by atoms with Crippen LogP contribution in [0.4, 0.5) is 13.9 Å². The van der Waals surface area contributed by atoms with Crippen LogP contribution in [0.15, 0.2) is 53.9 Å². The summed E-state index contributed by atoms with van der Waals surface area (Å²) in [4.78, 5) is 16.6. The van der Waals surface area contributed by atoms with E-state index in [-0.39, 0.29) is 11.7 Å². The van der Waals surface area contributed by atoms with Crippen LogP contribution < -0.4 is 19.5 Å². The predicted octanol–water partition coefficient (Wildman–Crippen LogP) is 5.12. The van der Waals surface area contributed by atoms with Crippen molar-refractivity contribution >= 4 is 28.5 Å². The van der Waals surface area contributed by atoms with Crippen LogP contribution >= 0.6 is 11.3 Å². The number of thiazole rings is 1. The van der Waals surface area contributed by atoms with E-state index in [1.165, 1.54) is 30.6 Å². The van der Waals surface area contributed by atoms with Gasteiger partial charge in [-0.05, 0) is 48.0 Å². The van der Waals surface area contributed by atoms with E-state index in [2.05, 4.69) is 10.3 Å². The van der Waals surface area contributed by atoms with Crippen molar-refractivity contribution in [2.45, 2.75) is 6.43 Å². The Morgan fingerprint density at radius 2 is 1.90 bits per heavy atom. The van der Waals surface area contributed by atoms with Crippen LogP contribution in [0.5, 0.6) is 17.2 Å². The van der Waals surface area contributed by atoms with Crippen molar-refractivity contribution in [1.82, 2.24) is 4.98 Å². The second-order valence-corrected chi connectivity index (χ2v) is 7.06. The smallest absolute Gasteiger partial charge is 0.272 e. The molecule has 1 aromatic heterocycles. The first-order valence-electron chi connectivity index (χ1n) is 9.16. The molecule has 1 heterocycles. The summed E-state index contributed by atoms with van der Waals surface area (Å²) in [6.45, 7) is -0.722. The summed E-state index contributed by atoms with van der Waals surface area (Å²) >= 11 is 1.31. The van der Waals surface area contributed by atoms with Crippen molar-refractivity contribution in [2.75, 3.05) is 26.1 Å². The summed E-state index contributed by atoms with van der Waals surface area (Å²) in [5, 5.41) is 5.03. The molecule has 0 saturated carbocycles. The van der Waals surface area contributed by atoms with Gasteiger partial charge in [0.25, 0.3) is 6.43 Å². The molecule has 3 aromatic rings. The number of anilines is 1. The molecular weight excluding hydrogens is 426 g/mol. The number of hydrogen-bond donors (Lipinski definition) is 1. The van der Waals surface area contributed by atoms with Crippen LogP contribution in [-0.2, 0) is 4.79 Å². The third-order valence-electron chi connectivity index (χ3n) is 4.10. The topological polar surface area (TPSA) is 69.7 Å². The van der Waals surface area contributed by atoms with Crippen molar-refractivity contribution in [3.63, 3.8) is 0 Å². The molecule has 162 valence electrons. The van der Waals surface area contributed by atoms with Crippen LogP contribution in [0, 0.1) is 0 Å². The first-order chi connectivity index (χ1) is 15.0. The molecule has 0 bridgehead atoms. The lowest BCUT2D eigenvalue weighted by molar-refractivity contribution is -0.111. The molecule has 0 radical (unpaired) electrons. The van der Waals surface area contributed by atoms with E-state index < -0.39 is 13.0 Å². The molecule has 0 spiro atoms. The monoisotopic (exact) mass is 446 g/mol. The van der Waals surface area contributed by atoms with Crippen molar-refractivity contribution in [1.29, 1.82) is 0 Å². The minimum atomic E-state index is -2.58. The Kier molecular flexibility index (Phi) is 7.55. The molecule has 2 aromatic carbocycles. The average molecular weight is 446 g/mol. The molecule has 0 aliphatic carbocycles. The second-order valence-electron chi connectivity index (χ2n) is 6.20. The molecule has 9 heteroatoms. The summed E-state index contributed by atoms with van der Waals surface area (Å²) in [5.41, 5.74) is 2.31. The molecule has 1 N–H and O–H groups in total. The third kappa shape index (κ3) is 6.26. The minimum absolute atomic E-state index is 0.207. The van der Waals surface area contributed by atoms with Crippen LogP contribution in [-0.4, -0.2) is 38.1 Å². The molecule has 0 atom stereocenters. The number of aromatic nitrogens is 1. The van der Waals surface area contributed by atoms with Gasteiger partial charge in [-0.3, -0.25) is 10.1 Å². The van der Waals surface area contributed by atoms with Crippen molar-refractivity contribution in [2.24, 2.45) is 0 Å². The van der Waals surface area contributed by atoms with E-state index >= 15 is 0 Å². The molecule has 3 rings (SSSR count). The normalized spacial score (nSPS) is 11.0. The number of halogens is 2. The highest BCUT2D eigenvalue weighted by atomic mass is 32.1. The summed E-state index contributed by atoms with van der Waals surface area (Å²) in [7, 11) is 3.01. The standard InChI is InChI=1S/C22H20F2N2O4S/c1-28-16-7-5-15(6-8-16)17-13-31-22(25-17)26-21(27)10-4-14-3-9-18(19(11-14)29-2)30-12-20(23)24/h3-11,13,20H,12H2,1-2H3,(H,25,26,27)/b10-4-. The number of nitrogens with one attached hydrogen (secondary N) is 1. The number of carbonyl (C=O) groups is 1. The highest BCUT2D eigenvalue weighted by molar-refractivity contribution is 7.14. The number of nitrogens with zero attached hydrogens (tertiary/aromatic N) is 1. The van der Waals surface area contributed by atoms with E-state index in [1.807, 2.05) is 29.6 Å². The molecule has 0 aliphatic rings. The number of carbonyl (C=O) groups excluding carboxylic acids is 1. The number of ether oxygens (including phenoxy) is 3. The van der Waals surface area contributed by atoms with Crippen LogP contribution in [0.25, 0.3) is 17.3 Å². The van der Waals surface area contributed by atoms with Gasteiger partial charge in [-0.2, -0.15) is 0 Å². The highest BCUT2D eigenvalue weighted by Gasteiger charge is 2.10. The third-order valence-corrected chi connectivity index (χ3v) is 4.86. The zero-order valence-electron chi connectivity index (χ0n) is 16.8. The SMILES string of the molecule is COc1ccc(-c2csc(NC(=O)/C=C\c3ccc(OCC(F)F)c(OC)c3)n2)cc1. The minimum Gasteiger partial charge on any atom is -0.497 e. The number of hydrogen-bond acceptors (Lipinski definition) is 6. The summed E-state index contributed by atoms with van der Waals surface area (Å²) in [6, 6.07) is 12.2. The van der Waals surface area contributed by atoms with Crippen LogP contribution in [0.3, 0.4) is 0 Å². The van der Waals surface area contributed by atoms with Crippen molar-refractivity contribution < 1.29 is 27.8 Å². The second kappa shape index (κ2) is 10.5. The Balaban J connectivity index is 1.62. The Bertz CT molecular complexity index is 1050. The Morgan fingerprint density at radius 1 is 1.13 bits per heavy atom. The molecular formula is C22H20F2N2O4S. The Hall–Kier alpha value is -3.46. The van der Waals surface area contributed by atoms with E-state index in [0.29, 0.717) is 16.4 Å². The largest absolute Gasteiger partial charge is 0.497 e. The maximum absolute atomic E-state index is 12.3. The first-order valence-corrected chi connectivity index (χ1v) is 10.0. The van der Waals surface area contributed by atoms with Gasteiger partial charge < -0.3 is 14.2 Å². The van der Waals surface area contributed by atoms with Gasteiger partial charge in [-0.25, -0.2) is 13.8 Å². The van der Waals surface area contributed by atoms with E-state index in [1.54, 1.807) is 25.3 Å². The van der Waals surface area contributed by atoms with Crippen molar-refractivity contribution in [3.8, 4) is 28.5 Å². The lowest BCUT2D eigenvalue weighted by Gasteiger charge is -2.10. The zero-order chi connectivity index (χ0) is 22.2. The van der Waals surface area contributed by atoms with Crippen molar-refractivity contribution in [3.05, 3.63) is 59.5 Å². The fourth-order valence-corrected chi connectivity index (χ4v) is 3.33. The predicted molar refractivity (Wildman–Crippen MR) is 116 cm³/mol. The van der Waals surface area contributed by atoms with Gasteiger partial charge in [-0.15, -0.1) is 11.3 Å². The Morgan fingerprint density at radius 3 is 2.58 bits per heavy atom. The van der Waals surface area contributed by atoms with E-state index in [9.17, 15) is 13.6 Å². The van der Waals surface area contributed by atoms with Crippen LogP contribution in [0.2, 0.25) is 0 Å². The van der Waals surface area contributed by atoms with Gasteiger partial charge in [-0.1, -0.05) is 6.07 Å².